The van der Waals surface area contributed by atoms with Crippen LogP contribution in [-0.2, 0) is 19.5 Å². The summed E-state index contributed by atoms with van der Waals surface area (Å²) in [5, 5.41) is 1.23. The van der Waals surface area contributed by atoms with Gasteiger partial charge in [-0.05, 0) is 24.3 Å². The first kappa shape index (κ1) is 15.5. The van der Waals surface area contributed by atoms with E-state index in [2.05, 4.69) is 32.0 Å². The zero-order valence-electron chi connectivity index (χ0n) is 14.2. The van der Waals surface area contributed by atoms with Gasteiger partial charge in [-0.1, -0.05) is 6.07 Å². The molecule has 0 atom stereocenters. The zero-order valence-corrected chi connectivity index (χ0v) is 15.0. The van der Waals surface area contributed by atoms with E-state index in [1.807, 2.05) is 30.6 Å². The number of hydrogen-bond acceptors (Lipinski definition) is 6. The van der Waals surface area contributed by atoms with Crippen LogP contribution in [0.5, 0.6) is 0 Å². The van der Waals surface area contributed by atoms with Gasteiger partial charge in [-0.2, -0.15) is 0 Å². The van der Waals surface area contributed by atoms with Crippen molar-refractivity contribution in [3.8, 4) is 11.4 Å². The van der Waals surface area contributed by atoms with Crippen LogP contribution in [0.25, 0.3) is 21.6 Å². The van der Waals surface area contributed by atoms with Gasteiger partial charge in [0.05, 0.1) is 5.69 Å². The highest BCUT2D eigenvalue weighted by atomic mass is 32.1. The molecule has 0 spiro atoms. The van der Waals surface area contributed by atoms with Crippen LogP contribution in [0.2, 0.25) is 0 Å². The van der Waals surface area contributed by atoms with Gasteiger partial charge in [0.25, 0.3) is 0 Å². The number of fused-ring (bicyclic) bond motifs is 2. The van der Waals surface area contributed by atoms with Crippen LogP contribution in [0.1, 0.15) is 16.1 Å². The Balaban J connectivity index is 1.35. The van der Waals surface area contributed by atoms with Crippen molar-refractivity contribution >= 4 is 21.6 Å². The minimum atomic E-state index is 0.787. The van der Waals surface area contributed by atoms with E-state index in [4.69, 9.17) is 4.98 Å². The molecule has 0 unspecified atom stereocenters. The highest BCUT2D eigenvalue weighted by Gasteiger charge is 2.19. The van der Waals surface area contributed by atoms with Crippen LogP contribution < -0.4 is 0 Å². The lowest BCUT2D eigenvalue weighted by Gasteiger charge is -2.27. The Morgan fingerprint density at radius 1 is 1.08 bits per heavy atom. The molecule has 0 radical (unpaired) electrons. The lowest BCUT2D eigenvalue weighted by atomic mass is 10.1. The van der Waals surface area contributed by atoms with Crippen molar-refractivity contribution in [3.63, 3.8) is 0 Å². The van der Waals surface area contributed by atoms with Crippen molar-refractivity contribution in [1.29, 1.82) is 0 Å². The van der Waals surface area contributed by atoms with Gasteiger partial charge in [0, 0.05) is 72.2 Å². The van der Waals surface area contributed by atoms with Gasteiger partial charge in [0.15, 0.2) is 5.82 Å². The maximum Gasteiger partial charge on any atom is 0.159 e. The summed E-state index contributed by atoms with van der Waals surface area (Å²) in [6, 6.07) is 10.3. The summed E-state index contributed by atoms with van der Waals surface area (Å²) in [5.74, 6) is 0.787. The first-order valence-electron chi connectivity index (χ1n) is 8.66. The molecule has 0 aliphatic carbocycles. The predicted octanol–water partition coefficient (Wildman–Crippen LogP) is 3.71. The largest absolute Gasteiger partial charge is 0.293 e. The predicted molar refractivity (Wildman–Crippen MR) is 103 cm³/mol. The Morgan fingerprint density at radius 2 is 2.00 bits per heavy atom. The van der Waals surface area contributed by atoms with Crippen molar-refractivity contribution in [2.75, 3.05) is 6.54 Å². The number of thiophene rings is 1. The zero-order chi connectivity index (χ0) is 17.3. The molecule has 5 nitrogen and oxygen atoms in total. The van der Waals surface area contributed by atoms with Crippen molar-refractivity contribution in [1.82, 2.24) is 24.8 Å². The SMILES string of the molecule is c1cnc2sc(CN3CCc4nc(-c5ccncc5)ncc4C3)cc2c1. The normalized spacial score (nSPS) is 14.5. The molecule has 0 saturated heterocycles. The molecular weight excluding hydrogens is 342 g/mol. The van der Waals surface area contributed by atoms with Crippen LogP contribution in [0.3, 0.4) is 0 Å². The highest BCUT2D eigenvalue weighted by molar-refractivity contribution is 7.18. The molecule has 5 rings (SSSR count). The smallest absolute Gasteiger partial charge is 0.159 e. The summed E-state index contributed by atoms with van der Waals surface area (Å²) in [6.07, 6.45) is 8.35. The molecule has 0 saturated carbocycles. The van der Waals surface area contributed by atoms with E-state index in [0.717, 1.165) is 42.3 Å². The second-order valence-corrected chi connectivity index (χ2v) is 7.59. The molecule has 4 aromatic rings. The van der Waals surface area contributed by atoms with Gasteiger partial charge in [0.1, 0.15) is 4.83 Å². The van der Waals surface area contributed by atoms with E-state index in [-0.39, 0.29) is 0 Å². The van der Waals surface area contributed by atoms with Crippen LogP contribution in [0.4, 0.5) is 0 Å². The summed E-state index contributed by atoms with van der Waals surface area (Å²) < 4.78 is 0. The van der Waals surface area contributed by atoms with Crippen molar-refractivity contribution in [2.45, 2.75) is 19.5 Å². The van der Waals surface area contributed by atoms with Gasteiger partial charge < -0.3 is 0 Å². The Morgan fingerprint density at radius 3 is 2.88 bits per heavy atom. The Bertz CT molecular complexity index is 1030. The van der Waals surface area contributed by atoms with Gasteiger partial charge in [-0.3, -0.25) is 9.88 Å². The number of rotatable bonds is 3. The van der Waals surface area contributed by atoms with Crippen molar-refractivity contribution in [2.24, 2.45) is 0 Å². The van der Waals surface area contributed by atoms with Gasteiger partial charge >= 0.3 is 0 Å². The lowest BCUT2D eigenvalue weighted by molar-refractivity contribution is 0.245. The third-order valence-corrected chi connectivity index (χ3v) is 5.72. The van der Waals surface area contributed by atoms with Crippen LogP contribution in [-0.4, -0.2) is 31.4 Å². The van der Waals surface area contributed by atoms with Crippen molar-refractivity contribution in [3.05, 3.63) is 71.3 Å². The topological polar surface area (TPSA) is 54.8 Å². The quantitative estimate of drug-likeness (QED) is 0.558. The van der Waals surface area contributed by atoms with Gasteiger partial charge in [0.2, 0.25) is 0 Å². The second-order valence-electron chi connectivity index (χ2n) is 6.47. The number of pyridine rings is 2. The first-order chi connectivity index (χ1) is 12.8. The summed E-state index contributed by atoms with van der Waals surface area (Å²) in [7, 11) is 0. The summed E-state index contributed by atoms with van der Waals surface area (Å²) in [5.41, 5.74) is 3.41. The second kappa shape index (κ2) is 6.55. The van der Waals surface area contributed by atoms with Gasteiger partial charge in [-0.15, -0.1) is 11.3 Å². The Kier molecular flexibility index (Phi) is 3.92. The molecule has 0 N–H and O–H groups in total. The summed E-state index contributed by atoms with van der Waals surface area (Å²) in [6.45, 7) is 2.86. The molecule has 26 heavy (non-hydrogen) atoms. The molecule has 0 fully saturated rings. The average molecular weight is 359 g/mol. The van der Waals surface area contributed by atoms with E-state index < -0.39 is 0 Å². The van der Waals surface area contributed by atoms with Crippen LogP contribution in [0, 0.1) is 0 Å². The average Bonchev–Trinajstić information content (AvgIpc) is 3.10. The third-order valence-electron chi connectivity index (χ3n) is 4.68. The number of hydrogen-bond donors (Lipinski definition) is 0. The van der Waals surface area contributed by atoms with E-state index >= 15 is 0 Å². The van der Waals surface area contributed by atoms with E-state index in [0.29, 0.717) is 0 Å². The summed E-state index contributed by atoms with van der Waals surface area (Å²) in [4.78, 5) is 22.8. The molecule has 1 aliphatic heterocycles. The molecule has 6 heteroatoms. The van der Waals surface area contributed by atoms with Crippen LogP contribution in [0.15, 0.2) is 55.1 Å². The molecule has 0 aromatic carbocycles. The van der Waals surface area contributed by atoms with E-state index in [1.165, 1.54) is 21.5 Å². The van der Waals surface area contributed by atoms with Crippen molar-refractivity contribution < 1.29 is 0 Å². The summed E-state index contributed by atoms with van der Waals surface area (Å²) >= 11 is 1.78. The molecule has 0 amide bonds. The molecule has 128 valence electrons. The van der Waals surface area contributed by atoms with E-state index in [9.17, 15) is 0 Å². The first-order valence-corrected chi connectivity index (χ1v) is 9.48. The molecule has 4 aromatic heterocycles. The maximum atomic E-state index is 4.79. The maximum absolute atomic E-state index is 4.79. The third kappa shape index (κ3) is 2.98. The Labute approximate surface area is 155 Å². The Hall–Kier alpha value is -2.70. The standard InChI is InChI=1S/C20H17N5S/c1-2-15-10-17(26-20(15)22-6-1)13-25-9-5-18-16(12-25)11-23-19(24-18)14-3-7-21-8-4-14/h1-4,6-8,10-11H,5,9,12-13H2. The molecule has 1 aliphatic rings. The molecular formula is C20H17N5S. The lowest BCUT2D eigenvalue weighted by Crippen LogP contribution is -2.30. The fraction of sp³-hybridized carbons (Fsp3) is 0.200. The fourth-order valence-corrected chi connectivity index (χ4v) is 4.41. The van der Waals surface area contributed by atoms with E-state index in [1.54, 1.807) is 23.7 Å². The van der Waals surface area contributed by atoms with Gasteiger partial charge in [-0.25, -0.2) is 15.0 Å². The number of nitrogens with zero attached hydrogens (tertiary/aromatic N) is 5. The fourth-order valence-electron chi connectivity index (χ4n) is 3.37. The monoisotopic (exact) mass is 359 g/mol. The number of aromatic nitrogens is 4. The molecule has 5 heterocycles. The highest BCUT2D eigenvalue weighted by Crippen LogP contribution is 2.27. The minimum Gasteiger partial charge on any atom is -0.293 e. The van der Waals surface area contributed by atoms with Crippen LogP contribution >= 0.6 is 11.3 Å². The molecule has 0 bridgehead atoms. The minimum absolute atomic E-state index is 0.787.